The zero-order valence-corrected chi connectivity index (χ0v) is 9.35. The summed E-state index contributed by atoms with van der Waals surface area (Å²) < 4.78 is 4.78. The first kappa shape index (κ1) is 11.1. The van der Waals surface area contributed by atoms with E-state index in [0.717, 1.165) is 12.8 Å². The van der Waals surface area contributed by atoms with Crippen molar-refractivity contribution in [3.63, 3.8) is 0 Å². The van der Waals surface area contributed by atoms with Crippen molar-refractivity contribution >= 4 is 5.84 Å². The first-order chi connectivity index (χ1) is 7.90. The molecule has 2 rings (SSSR count). The Morgan fingerprint density at radius 3 is 2.69 bits per heavy atom. The molecule has 1 heterocycles. The molecular formula is C11H18N4O. The summed E-state index contributed by atoms with van der Waals surface area (Å²) >= 11 is 0. The van der Waals surface area contributed by atoms with E-state index in [0.29, 0.717) is 17.6 Å². The molecule has 1 saturated carbocycles. The highest BCUT2D eigenvalue weighted by atomic mass is 16.5. The van der Waals surface area contributed by atoms with Crippen LogP contribution in [0.2, 0.25) is 0 Å². The summed E-state index contributed by atoms with van der Waals surface area (Å²) in [6.45, 7) is 0. The second-order valence-electron chi connectivity index (χ2n) is 4.15. The molecule has 1 aliphatic rings. The first-order valence-electron chi connectivity index (χ1n) is 5.85. The van der Waals surface area contributed by atoms with Crippen LogP contribution in [0.4, 0.5) is 0 Å². The molecule has 0 aliphatic heterocycles. The van der Waals surface area contributed by atoms with E-state index in [1.165, 1.54) is 31.9 Å². The molecule has 5 heteroatoms. The summed E-state index contributed by atoms with van der Waals surface area (Å²) in [5.41, 5.74) is 3.27. The van der Waals surface area contributed by atoms with Gasteiger partial charge in [0.2, 0.25) is 0 Å². The first-order valence-corrected chi connectivity index (χ1v) is 5.85. The smallest absolute Gasteiger partial charge is 0.165 e. The molecule has 0 unspecified atom stereocenters. The van der Waals surface area contributed by atoms with Gasteiger partial charge in [0.1, 0.15) is 12.0 Å². The van der Waals surface area contributed by atoms with Crippen molar-refractivity contribution in [1.29, 1.82) is 0 Å². The fourth-order valence-electron chi connectivity index (χ4n) is 2.08. The van der Waals surface area contributed by atoms with E-state index >= 15 is 0 Å². The van der Waals surface area contributed by atoms with Crippen LogP contribution in [0.1, 0.15) is 44.2 Å². The van der Waals surface area contributed by atoms with Gasteiger partial charge >= 0.3 is 0 Å². The highest BCUT2D eigenvalue weighted by Gasteiger charge is 2.13. The van der Waals surface area contributed by atoms with Crippen molar-refractivity contribution in [1.82, 2.24) is 10.6 Å². The molecule has 0 saturated heterocycles. The Hall–Kier alpha value is -1.36. The minimum Gasteiger partial charge on any atom is -0.364 e. The molecule has 0 bridgehead atoms. The summed E-state index contributed by atoms with van der Waals surface area (Å²) in [4.78, 5) is 4.61. The molecule has 0 aromatic carbocycles. The van der Waals surface area contributed by atoms with Crippen molar-refractivity contribution in [3.05, 3.63) is 18.0 Å². The van der Waals surface area contributed by atoms with Gasteiger partial charge in [-0.2, -0.15) is 0 Å². The Labute approximate surface area is 95.1 Å². The lowest BCUT2D eigenvalue weighted by Crippen LogP contribution is -2.32. The summed E-state index contributed by atoms with van der Waals surface area (Å²) in [7, 11) is 0. The average molecular weight is 222 g/mol. The van der Waals surface area contributed by atoms with Crippen LogP contribution in [-0.4, -0.2) is 17.0 Å². The minimum absolute atomic E-state index is 0.366. The van der Waals surface area contributed by atoms with E-state index in [1.54, 1.807) is 6.07 Å². The van der Waals surface area contributed by atoms with Gasteiger partial charge in [0, 0.05) is 6.07 Å². The Balaban J connectivity index is 2.07. The Kier molecular flexibility index (Phi) is 3.93. The fraction of sp³-hybridized carbons (Fsp3) is 0.636. The number of amidine groups is 1. The molecule has 0 atom stereocenters. The number of aliphatic imine (C=N–C) groups is 1. The van der Waals surface area contributed by atoms with Gasteiger partial charge in [-0.1, -0.05) is 30.8 Å². The number of hydrogen-bond donors (Lipinski definition) is 2. The zero-order chi connectivity index (χ0) is 11.2. The van der Waals surface area contributed by atoms with Crippen molar-refractivity contribution in [2.45, 2.75) is 44.6 Å². The standard InChI is InChI=1S/C11H18N4O/c12-14-11(10-7-8-16-15-10)13-9-5-3-1-2-4-6-9/h7-9H,1-6,12H2,(H,13,14). The fourth-order valence-corrected chi connectivity index (χ4v) is 2.08. The number of hydrazine groups is 1. The van der Waals surface area contributed by atoms with Gasteiger partial charge in [0.15, 0.2) is 5.84 Å². The third-order valence-electron chi connectivity index (χ3n) is 2.95. The van der Waals surface area contributed by atoms with Crippen molar-refractivity contribution in [3.8, 4) is 0 Å². The van der Waals surface area contributed by atoms with E-state index in [-0.39, 0.29) is 0 Å². The Morgan fingerprint density at radius 1 is 1.38 bits per heavy atom. The van der Waals surface area contributed by atoms with Gasteiger partial charge in [-0.15, -0.1) is 0 Å². The maximum absolute atomic E-state index is 5.46. The van der Waals surface area contributed by atoms with Crippen LogP contribution >= 0.6 is 0 Å². The number of rotatable bonds is 2. The number of nitrogens with two attached hydrogens (primary N) is 1. The lowest BCUT2D eigenvalue weighted by atomic mass is 10.1. The van der Waals surface area contributed by atoms with Crippen molar-refractivity contribution < 1.29 is 4.52 Å². The van der Waals surface area contributed by atoms with Crippen LogP contribution in [-0.2, 0) is 0 Å². The summed E-state index contributed by atoms with van der Waals surface area (Å²) in [5.74, 6) is 6.08. The molecule has 1 aliphatic carbocycles. The lowest BCUT2D eigenvalue weighted by Gasteiger charge is -2.10. The molecule has 3 N–H and O–H groups in total. The van der Waals surface area contributed by atoms with Gasteiger partial charge in [-0.25, -0.2) is 5.84 Å². The molecule has 0 spiro atoms. The highest BCUT2D eigenvalue weighted by Crippen LogP contribution is 2.20. The van der Waals surface area contributed by atoms with Gasteiger partial charge < -0.3 is 9.95 Å². The van der Waals surface area contributed by atoms with Crippen LogP contribution in [0, 0.1) is 0 Å². The van der Waals surface area contributed by atoms with Crippen LogP contribution in [0.25, 0.3) is 0 Å². The second kappa shape index (κ2) is 5.65. The predicted octanol–water partition coefficient (Wildman–Crippen LogP) is 1.61. The van der Waals surface area contributed by atoms with Crippen LogP contribution in [0.15, 0.2) is 21.8 Å². The van der Waals surface area contributed by atoms with Gasteiger partial charge in [0.25, 0.3) is 0 Å². The molecule has 16 heavy (non-hydrogen) atoms. The number of nitrogens with zero attached hydrogens (tertiary/aromatic N) is 2. The zero-order valence-electron chi connectivity index (χ0n) is 9.35. The third kappa shape index (κ3) is 2.82. The molecule has 1 aromatic heterocycles. The maximum Gasteiger partial charge on any atom is 0.165 e. The van der Waals surface area contributed by atoms with Crippen molar-refractivity contribution in [2.24, 2.45) is 10.8 Å². The summed E-state index contributed by atoms with van der Waals surface area (Å²) in [6, 6.07) is 2.13. The van der Waals surface area contributed by atoms with E-state index in [1.807, 2.05) is 0 Å². The number of nitrogens with one attached hydrogen (secondary N) is 1. The van der Waals surface area contributed by atoms with Gasteiger partial charge in [-0.3, -0.25) is 4.99 Å². The molecule has 0 radical (unpaired) electrons. The van der Waals surface area contributed by atoms with Crippen molar-refractivity contribution in [2.75, 3.05) is 0 Å². The SMILES string of the molecule is NNC(=NC1CCCCCC1)c1ccon1. The monoisotopic (exact) mass is 222 g/mol. The number of hydrogen-bond acceptors (Lipinski definition) is 4. The molecular weight excluding hydrogens is 204 g/mol. The quantitative estimate of drug-likeness (QED) is 0.262. The van der Waals surface area contributed by atoms with E-state index in [9.17, 15) is 0 Å². The van der Waals surface area contributed by atoms with E-state index in [4.69, 9.17) is 10.4 Å². The molecule has 0 amide bonds. The van der Waals surface area contributed by atoms with Gasteiger partial charge in [0.05, 0.1) is 6.04 Å². The number of aromatic nitrogens is 1. The summed E-state index contributed by atoms with van der Waals surface area (Å²) in [5, 5.41) is 3.83. The third-order valence-corrected chi connectivity index (χ3v) is 2.95. The van der Waals surface area contributed by atoms with E-state index < -0.39 is 0 Å². The molecule has 5 nitrogen and oxygen atoms in total. The highest BCUT2D eigenvalue weighted by molar-refractivity contribution is 5.96. The van der Waals surface area contributed by atoms with Crippen LogP contribution in [0.5, 0.6) is 0 Å². The second-order valence-corrected chi connectivity index (χ2v) is 4.15. The summed E-state index contributed by atoms with van der Waals surface area (Å²) in [6.07, 6.45) is 8.96. The maximum atomic E-state index is 5.46. The molecule has 1 aromatic rings. The van der Waals surface area contributed by atoms with Gasteiger partial charge in [-0.05, 0) is 12.8 Å². The molecule has 88 valence electrons. The van der Waals surface area contributed by atoms with Crippen LogP contribution in [0.3, 0.4) is 0 Å². The Morgan fingerprint density at radius 2 is 2.12 bits per heavy atom. The van der Waals surface area contributed by atoms with E-state index in [2.05, 4.69) is 15.6 Å². The Bertz CT molecular complexity index is 326. The van der Waals surface area contributed by atoms with Crippen LogP contribution < -0.4 is 11.3 Å². The molecule has 1 fully saturated rings. The minimum atomic E-state index is 0.366. The normalized spacial score (nSPS) is 19.4. The largest absolute Gasteiger partial charge is 0.364 e. The average Bonchev–Trinajstić information content (AvgIpc) is 2.71. The lowest BCUT2D eigenvalue weighted by molar-refractivity contribution is 0.418. The predicted molar refractivity (Wildman–Crippen MR) is 61.9 cm³/mol. The topological polar surface area (TPSA) is 76.4 Å².